The fourth-order valence-corrected chi connectivity index (χ4v) is 6.80. The molecular weight excluding hydrogens is 572 g/mol. The molecule has 1 unspecified atom stereocenters. The van der Waals surface area contributed by atoms with Gasteiger partial charge < -0.3 is 30.7 Å². The van der Waals surface area contributed by atoms with E-state index in [1.54, 1.807) is 19.1 Å². The summed E-state index contributed by atoms with van der Waals surface area (Å²) >= 11 is 1.07. The highest BCUT2D eigenvalue weighted by atomic mass is 32.2. The van der Waals surface area contributed by atoms with Gasteiger partial charge in [-0.25, -0.2) is 18.0 Å². The van der Waals surface area contributed by atoms with Crippen LogP contribution in [-0.4, -0.2) is 90.0 Å². The number of benzene rings is 1. The summed E-state index contributed by atoms with van der Waals surface area (Å²) < 4.78 is 37.3. The lowest BCUT2D eigenvalue weighted by Crippen LogP contribution is -2.80. The Labute approximate surface area is 233 Å². The molecule has 0 aromatic heterocycles. The third-order valence-electron chi connectivity index (χ3n) is 6.17. The monoisotopic (exact) mass is 600 g/mol. The Balaban J connectivity index is 1.63. The summed E-state index contributed by atoms with van der Waals surface area (Å²) in [6.45, 7) is 1.33. The predicted octanol–water partition coefficient (Wildman–Crippen LogP) is -0.295. The van der Waals surface area contributed by atoms with Gasteiger partial charge in [0.2, 0.25) is 15.9 Å². The number of hydrogen-bond acceptors (Lipinski definition) is 10. The van der Waals surface area contributed by atoms with Crippen LogP contribution >= 0.6 is 11.8 Å². The summed E-state index contributed by atoms with van der Waals surface area (Å²) in [5.41, 5.74) is 3.58. The normalized spacial score (nSPS) is 21.2. The number of sulfonamides is 1. The number of fused-ring (bicyclic) bond motifs is 1. The number of rotatable bonds is 13. The fourth-order valence-electron chi connectivity index (χ4n) is 4.15. The minimum Gasteiger partial charge on any atom is -0.480 e. The summed E-state index contributed by atoms with van der Waals surface area (Å²) in [7, 11) is -2.98. The topological polar surface area (TPSA) is 232 Å². The van der Waals surface area contributed by atoms with Crippen LogP contribution in [0.5, 0.6) is 0 Å². The van der Waals surface area contributed by atoms with Crippen molar-refractivity contribution in [1.82, 2.24) is 14.9 Å². The lowest BCUT2D eigenvalue weighted by molar-refractivity contribution is -0.192. The second-order valence-electron chi connectivity index (χ2n) is 8.91. The summed E-state index contributed by atoms with van der Waals surface area (Å²) in [6.07, 6.45) is -1.71. The first-order chi connectivity index (χ1) is 18.7. The molecule has 2 aliphatic heterocycles. The van der Waals surface area contributed by atoms with Gasteiger partial charge >= 0.3 is 18.0 Å². The van der Waals surface area contributed by atoms with E-state index in [2.05, 4.69) is 14.8 Å². The molecular formula is C23H28N4O11S2. The molecule has 17 heteroatoms. The third kappa shape index (κ3) is 6.38. The number of aryl methyl sites for hydroxylation is 1. The van der Waals surface area contributed by atoms with Gasteiger partial charge in [0, 0.05) is 24.9 Å². The minimum absolute atomic E-state index is 0.0335. The van der Waals surface area contributed by atoms with Gasteiger partial charge in [-0.2, -0.15) is 4.72 Å². The molecule has 218 valence electrons. The van der Waals surface area contributed by atoms with Crippen LogP contribution in [0.15, 0.2) is 40.4 Å². The molecule has 1 saturated heterocycles. The maximum absolute atomic E-state index is 13.1. The third-order valence-corrected chi connectivity index (χ3v) is 9.03. The zero-order valence-electron chi connectivity index (χ0n) is 21.4. The number of carbonyl (C=O) groups excluding carboxylic acids is 3. The highest BCUT2D eigenvalue weighted by Crippen LogP contribution is 2.46. The van der Waals surface area contributed by atoms with E-state index in [-0.39, 0.29) is 35.5 Å². The summed E-state index contributed by atoms with van der Waals surface area (Å²) in [5, 5.41) is 20.7. The Morgan fingerprint density at radius 1 is 1.23 bits per heavy atom. The molecule has 0 aliphatic carbocycles. The first kappa shape index (κ1) is 30.9. The van der Waals surface area contributed by atoms with Crippen molar-refractivity contribution in [3.63, 3.8) is 0 Å². The molecule has 15 nitrogen and oxygen atoms in total. The van der Waals surface area contributed by atoms with E-state index in [0.29, 0.717) is 0 Å². The van der Waals surface area contributed by atoms with E-state index in [1.807, 2.05) is 0 Å². The van der Waals surface area contributed by atoms with Crippen molar-refractivity contribution in [1.29, 1.82) is 0 Å². The van der Waals surface area contributed by atoms with Crippen LogP contribution in [0.2, 0.25) is 0 Å². The fraction of sp³-hybridized carbons (Fsp3) is 0.435. The number of methoxy groups -OCH3 is 1. The number of amides is 3. The van der Waals surface area contributed by atoms with Crippen LogP contribution in [0.1, 0.15) is 24.8 Å². The number of hydrogen-bond donors (Lipinski definition) is 5. The average Bonchev–Trinajstić information content (AvgIpc) is 2.89. The number of nitrogens with one attached hydrogen (secondary N) is 2. The van der Waals surface area contributed by atoms with Crippen molar-refractivity contribution in [3.05, 3.63) is 41.1 Å². The van der Waals surface area contributed by atoms with Gasteiger partial charge in [0.15, 0.2) is 0 Å². The summed E-state index contributed by atoms with van der Waals surface area (Å²) in [6, 6.07) is 4.30. The molecule has 1 aromatic rings. The first-order valence-electron chi connectivity index (χ1n) is 11.7. The van der Waals surface area contributed by atoms with E-state index >= 15 is 0 Å². The predicted molar refractivity (Wildman–Crippen MR) is 138 cm³/mol. The highest BCUT2D eigenvalue weighted by molar-refractivity contribution is 8.00. The molecule has 0 radical (unpaired) electrons. The molecule has 0 bridgehead atoms. The van der Waals surface area contributed by atoms with Crippen LogP contribution in [0.3, 0.4) is 0 Å². The van der Waals surface area contributed by atoms with E-state index in [0.717, 1.165) is 29.3 Å². The number of carbonyl (C=O) groups is 5. The molecule has 2 aliphatic rings. The number of ether oxygens (including phenoxy) is 2. The highest BCUT2D eigenvalue weighted by Gasteiger charge is 2.66. The van der Waals surface area contributed by atoms with E-state index in [1.165, 1.54) is 12.1 Å². The Kier molecular flexibility index (Phi) is 9.44. The largest absolute Gasteiger partial charge is 0.480 e. The molecule has 40 heavy (non-hydrogen) atoms. The zero-order valence-corrected chi connectivity index (χ0v) is 23.0. The van der Waals surface area contributed by atoms with E-state index in [9.17, 15) is 42.6 Å². The maximum Gasteiger partial charge on any atom is 0.404 e. The van der Waals surface area contributed by atoms with Gasteiger partial charge in [0.1, 0.15) is 23.7 Å². The SMILES string of the molecule is CO[C@]1(NC(=O)CCCC(NS(=O)(=O)c2ccc(C)cc2)C(=O)O)C(=O)N2C(C(=O)O)=C(COC(N)=O)CS[C@@H]21. The number of β-lactam (4-membered cyclic amide) rings is 1. The molecule has 0 saturated carbocycles. The molecule has 3 amide bonds. The number of thioether (sulfide) groups is 1. The van der Waals surface area contributed by atoms with Gasteiger partial charge in [-0.15, -0.1) is 11.8 Å². The average molecular weight is 601 g/mol. The summed E-state index contributed by atoms with van der Waals surface area (Å²) in [4.78, 5) is 61.1. The minimum atomic E-state index is -4.14. The smallest absolute Gasteiger partial charge is 0.404 e. The molecule has 1 fully saturated rings. The van der Waals surface area contributed by atoms with Gasteiger partial charge in [-0.05, 0) is 31.9 Å². The van der Waals surface area contributed by atoms with Crippen molar-refractivity contribution in [2.45, 2.75) is 48.2 Å². The van der Waals surface area contributed by atoms with Crippen molar-refractivity contribution >= 4 is 51.6 Å². The van der Waals surface area contributed by atoms with Crippen LogP contribution in [0, 0.1) is 6.92 Å². The van der Waals surface area contributed by atoms with E-state index < -0.39 is 69.3 Å². The van der Waals surface area contributed by atoms with Crippen LogP contribution in [0.4, 0.5) is 4.79 Å². The Bertz CT molecular complexity index is 1350. The van der Waals surface area contributed by atoms with Crippen molar-refractivity contribution < 1.29 is 52.1 Å². The second-order valence-corrected chi connectivity index (χ2v) is 11.7. The molecule has 2 heterocycles. The van der Waals surface area contributed by atoms with Crippen molar-refractivity contribution in [3.8, 4) is 0 Å². The second kappa shape index (κ2) is 12.2. The van der Waals surface area contributed by atoms with Crippen molar-refractivity contribution in [2.24, 2.45) is 5.73 Å². The van der Waals surface area contributed by atoms with E-state index in [4.69, 9.17) is 10.5 Å². The number of primary amides is 1. The Morgan fingerprint density at radius 3 is 2.42 bits per heavy atom. The quantitative estimate of drug-likeness (QED) is 0.145. The molecule has 3 atom stereocenters. The van der Waals surface area contributed by atoms with Gasteiger partial charge in [0.05, 0.1) is 4.90 Å². The number of aliphatic carboxylic acids is 2. The van der Waals surface area contributed by atoms with Crippen LogP contribution in [-0.2, 0) is 38.7 Å². The van der Waals surface area contributed by atoms with Crippen LogP contribution < -0.4 is 15.8 Å². The van der Waals surface area contributed by atoms with Gasteiger partial charge in [0.25, 0.3) is 11.6 Å². The first-order valence-corrected chi connectivity index (χ1v) is 14.3. The standard InChI is InChI=1S/C23H28N4O11S2/c1-12-6-8-14(9-7-12)40(35,36)26-15(18(29)30)4-3-5-16(28)25-23(37-2)20(33)27-17(19(31)32)13(10-38-22(24)34)11-39-21(23)27/h6-9,15,21,26H,3-5,10-11H2,1-2H3,(H2,24,34)(H,25,28)(H,29,30)(H,31,32)/t15?,21-,23-/m1/s1. The number of carboxylic acid groups (broad SMARTS) is 2. The molecule has 0 spiro atoms. The zero-order chi connectivity index (χ0) is 29.8. The number of nitrogens with two attached hydrogens (primary N) is 1. The molecule has 1 aromatic carbocycles. The number of nitrogens with zero attached hydrogens (tertiary/aromatic N) is 1. The number of carboxylic acids is 2. The molecule has 3 rings (SSSR count). The van der Waals surface area contributed by atoms with Crippen molar-refractivity contribution in [2.75, 3.05) is 19.5 Å². The molecule has 6 N–H and O–H groups in total. The maximum atomic E-state index is 13.1. The Morgan fingerprint density at radius 2 is 1.88 bits per heavy atom. The Hall–Kier alpha value is -3.67. The van der Waals surface area contributed by atoms with Gasteiger partial charge in [-0.3, -0.25) is 19.3 Å². The lowest BCUT2D eigenvalue weighted by atomic mass is 9.97. The summed E-state index contributed by atoms with van der Waals surface area (Å²) in [5.74, 6) is -4.43. The van der Waals surface area contributed by atoms with Crippen LogP contribution in [0.25, 0.3) is 0 Å². The lowest BCUT2D eigenvalue weighted by Gasteiger charge is -2.55. The van der Waals surface area contributed by atoms with Gasteiger partial charge in [-0.1, -0.05) is 17.7 Å².